The molecule has 238 valence electrons. The molecule has 44 heavy (non-hydrogen) atoms. The molecule has 3 aromatic carbocycles. The fourth-order valence-corrected chi connectivity index (χ4v) is 6.07. The number of nitrogens with zero attached hydrogens (tertiary/aromatic N) is 2. The van der Waals surface area contributed by atoms with Crippen molar-refractivity contribution in [2.24, 2.45) is 5.92 Å². The summed E-state index contributed by atoms with van der Waals surface area (Å²) in [6, 6.07) is 16.6. The van der Waals surface area contributed by atoms with Crippen molar-refractivity contribution in [3.63, 3.8) is 0 Å². The van der Waals surface area contributed by atoms with Crippen LogP contribution < -0.4 is 23.8 Å². The fourth-order valence-electron chi connectivity index (χ4n) is 4.51. The van der Waals surface area contributed by atoms with Gasteiger partial charge in [0.05, 0.1) is 31.9 Å². The minimum absolute atomic E-state index is 0.0707. The third kappa shape index (κ3) is 8.57. The number of hydrogen-bond acceptors (Lipinski definition) is 7. The van der Waals surface area contributed by atoms with E-state index in [1.807, 2.05) is 20.8 Å². The van der Waals surface area contributed by atoms with Gasteiger partial charge in [0.25, 0.3) is 10.0 Å². The smallest absolute Gasteiger partial charge is 0.264 e. The van der Waals surface area contributed by atoms with Crippen LogP contribution in [0.2, 0.25) is 5.02 Å². The molecule has 0 aliphatic carbocycles. The van der Waals surface area contributed by atoms with Gasteiger partial charge in [-0.1, -0.05) is 44.5 Å². The van der Waals surface area contributed by atoms with Crippen molar-refractivity contribution in [1.29, 1.82) is 0 Å². The maximum absolute atomic E-state index is 14.2. The second-order valence-electron chi connectivity index (χ2n) is 10.4. The molecule has 3 rings (SSSR count). The van der Waals surface area contributed by atoms with E-state index in [2.05, 4.69) is 5.32 Å². The van der Waals surface area contributed by atoms with Gasteiger partial charge in [-0.15, -0.1) is 0 Å². The van der Waals surface area contributed by atoms with Crippen molar-refractivity contribution in [1.82, 2.24) is 10.2 Å². The fraction of sp³-hybridized carbons (Fsp3) is 0.375. The van der Waals surface area contributed by atoms with Gasteiger partial charge in [0, 0.05) is 24.2 Å². The molecule has 0 aliphatic heterocycles. The number of hydrogen-bond donors (Lipinski definition) is 1. The highest BCUT2D eigenvalue weighted by Crippen LogP contribution is 2.33. The summed E-state index contributed by atoms with van der Waals surface area (Å²) in [6.45, 7) is 5.69. The van der Waals surface area contributed by atoms with Crippen molar-refractivity contribution < 1.29 is 32.2 Å². The maximum Gasteiger partial charge on any atom is 0.264 e. The first-order valence-corrected chi connectivity index (χ1v) is 16.0. The Morgan fingerprint density at radius 1 is 0.886 bits per heavy atom. The number of halogens is 1. The molecule has 0 radical (unpaired) electrons. The summed E-state index contributed by atoms with van der Waals surface area (Å²) in [4.78, 5) is 28.9. The van der Waals surface area contributed by atoms with Crippen molar-refractivity contribution in [3.8, 4) is 17.2 Å². The van der Waals surface area contributed by atoms with E-state index in [-0.39, 0.29) is 34.7 Å². The molecule has 0 spiro atoms. The Balaban J connectivity index is 2.08. The van der Waals surface area contributed by atoms with E-state index >= 15 is 0 Å². The largest absolute Gasteiger partial charge is 0.497 e. The monoisotopic (exact) mass is 645 g/mol. The Hall–Kier alpha value is -3.96. The maximum atomic E-state index is 14.2. The number of nitrogens with one attached hydrogen (secondary N) is 1. The van der Waals surface area contributed by atoms with Gasteiger partial charge in [-0.3, -0.25) is 13.9 Å². The Labute approximate surface area is 264 Å². The van der Waals surface area contributed by atoms with Crippen LogP contribution in [0.15, 0.2) is 71.6 Å². The lowest BCUT2D eigenvalue weighted by molar-refractivity contribution is -0.140. The number of anilines is 1. The molecule has 0 fully saturated rings. The average molecular weight is 646 g/mol. The van der Waals surface area contributed by atoms with Crippen LogP contribution in [0.1, 0.15) is 32.8 Å². The number of rotatable bonds is 15. The standard InChI is InChI=1S/C32H40ClN3O7S/c1-7-28(32(38)34-19-22(2)3)35(20-23-8-14-26(41-4)15-9-23)31(37)21-36(25-12-10-24(33)11-13-25)44(39,40)27-16-17-29(42-5)30(18-27)43-6/h8-18,22,28H,7,19-21H2,1-6H3,(H,34,38)/t28-/m1/s1. The van der Waals surface area contributed by atoms with Crippen LogP contribution in [0.5, 0.6) is 17.2 Å². The Kier molecular flexibility index (Phi) is 12.3. The molecule has 0 aliphatic rings. The quantitative estimate of drug-likeness (QED) is 0.243. The normalized spacial score (nSPS) is 11.9. The van der Waals surface area contributed by atoms with Crippen molar-refractivity contribution >= 4 is 39.1 Å². The van der Waals surface area contributed by atoms with Crippen molar-refractivity contribution in [2.75, 3.05) is 38.7 Å². The lowest BCUT2D eigenvalue weighted by Gasteiger charge is -2.33. The summed E-state index contributed by atoms with van der Waals surface area (Å²) in [5.41, 5.74) is 0.967. The van der Waals surface area contributed by atoms with Gasteiger partial charge in [-0.2, -0.15) is 0 Å². The molecule has 1 atom stereocenters. The van der Waals surface area contributed by atoms with E-state index in [0.29, 0.717) is 29.5 Å². The Bertz CT molecular complexity index is 1510. The average Bonchev–Trinajstić information content (AvgIpc) is 3.02. The third-order valence-electron chi connectivity index (χ3n) is 6.92. The molecule has 10 nitrogen and oxygen atoms in total. The molecule has 0 aromatic heterocycles. The van der Waals surface area contributed by atoms with Gasteiger partial charge >= 0.3 is 0 Å². The highest BCUT2D eigenvalue weighted by molar-refractivity contribution is 7.92. The molecule has 0 saturated carbocycles. The predicted molar refractivity (Wildman–Crippen MR) is 171 cm³/mol. The van der Waals surface area contributed by atoms with E-state index < -0.39 is 28.5 Å². The van der Waals surface area contributed by atoms with Crippen LogP contribution >= 0.6 is 11.6 Å². The van der Waals surface area contributed by atoms with Crippen LogP contribution in [0.25, 0.3) is 0 Å². The van der Waals surface area contributed by atoms with Crippen LogP contribution in [0.4, 0.5) is 5.69 Å². The summed E-state index contributed by atoms with van der Waals surface area (Å²) >= 11 is 6.11. The number of carbonyl (C=O) groups excluding carboxylic acids is 2. The number of carbonyl (C=O) groups is 2. The van der Waals surface area contributed by atoms with E-state index in [9.17, 15) is 18.0 Å². The van der Waals surface area contributed by atoms with E-state index in [1.54, 1.807) is 43.5 Å². The third-order valence-corrected chi connectivity index (χ3v) is 8.94. The number of amides is 2. The molecular weight excluding hydrogens is 606 g/mol. The topological polar surface area (TPSA) is 114 Å². The van der Waals surface area contributed by atoms with Gasteiger partial charge < -0.3 is 24.4 Å². The SMILES string of the molecule is CC[C@H](C(=O)NCC(C)C)N(Cc1ccc(OC)cc1)C(=O)CN(c1ccc(Cl)cc1)S(=O)(=O)c1ccc(OC)c(OC)c1. The zero-order valence-corrected chi connectivity index (χ0v) is 27.4. The van der Waals surface area contributed by atoms with Gasteiger partial charge in [-0.25, -0.2) is 8.42 Å². The van der Waals surface area contributed by atoms with E-state index in [4.69, 9.17) is 25.8 Å². The van der Waals surface area contributed by atoms with Crippen molar-refractivity contribution in [3.05, 3.63) is 77.3 Å². The summed E-state index contributed by atoms with van der Waals surface area (Å²) in [5.74, 6) is 0.530. The van der Waals surface area contributed by atoms with Gasteiger partial charge in [0.2, 0.25) is 11.8 Å². The molecule has 1 N–H and O–H groups in total. The molecule has 2 amide bonds. The van der Waals surface area contributed by atoms with Crippen LogP contribution in [-0.2, 0) is 26.2 Å². The number of sulfonamides is 1. The van der Waals surface area contributed by atoms with Gasteiger partial charge in [0.1, 0.15) is 18.3 Å². The summed E-state index contributed by atoms with van der Waals surface area (Å²) < 4.78 is 45.2. The highest BCUT2D eigenvalue weighted by atomic mass is 35.5. The lowest BCUT2D eigenvalue weighted by Crippen LogP contribution is -2.52. The van der Waals surface area contributed by atoms with Crippen molar-refractivity contribution in [2.45, 2.75) is 44.7 Å². The Morgan fingerprint density at radius 2 is 1.52 bits per heavy atom. The first-order valence-electron chi connectivity index (χ1n) is 14.2. The zero-order chi connectivity index (χ0) is 32.4. The van der Waals surface area contributed by atoms with E-state index in [1.165, 1.54) is 49.5 Å². The first kappa shape index (κ1) is 34.5. The predicted octanol–water partition coefficient (Wildman–Crippen LogP) is 5.14. The van der Waals surface area contributed by atoms with Crippen LogP contribution in [0, 0.1) is 5.92 Å². The molecule has 12 heteroatoms. The minimum Gasteiger partial charge on any atom is -0.497 e. The molecular formula is C32H40ClN3O7S. The van der Waals surface area contributed by atoms with Gasteiger partial charge in [0.15, 0.2) is 11.5 Å². The molecule has 0 unspecified atom stereocenters. The summed E-state index contributed by atoms with van der Waals surface area (Å²) in [7, 11) is 0.0895. The van der Waals surface area contributed by atoms with E-state index in [0.717, 1.165) is 9.87 Å². The highest BCUT2D eigenvalue weighted by Gasteiger charge is 2.34. The molecule has 0 bridgehead atoms. The second-order valence-corrected chi connectivity index (χ2v) is 12.7. The summed E-state index contributed by atoms with van der Waals surface area (Å²) in [6.07, 6.45) is 0.315. The molecule has 0 heterocycles. The molecule has 3 aromatic rings. The minimum atomic E-state index is -4.32. The molecule has 0 saturated heterocycles. The number of benzene rings is 3. The summed E-state index contributed by atoms with van der Waals surface area (Å²) in [5, 5.41) is 3.32. The first-order chi connectivity index (χ1) is 20.9. The zero-order valence-electron chi connectivity index (χ0n) is 25.9. The lowest BCUT2D eigenvalue weighted by atomic mass is 10.1. The van der Waals surface area contributed by atoms with Crippen LogP contribution in [0.3, 0.4) is 0 Å². The van der Waals surface area contributed by atoms with Crippen LogP contribution in [-0.4, -0.2) is 65.6 Å². The second kappa shape index (κ2) is 15.7. The van der Waals surface area contributed by atoms with Gasteiger partial charge in [-0.05, 0) is 66.4 Å². The number of methoxy groups -OCH3 is 3. The number of ether oxygens (including phenoxy) is 3. The Morgan fingerprint density at radius 3 is 2.07 bits per heavy atom.